The molecule has 2 N–H and O–H groups in total. The zero-order valence-corrected chi connectivity index (χ0v) is 12.2. The molecule has 3 aliphatic rings. The van der Waals surface area contributed by atoms with Gasteiger partial charge in [-0.25, -0.2) is 5.43 Å². The standard InChI is InChI=1S/C15H22N4O2/c16-9-12-3-1-6-19(12)13(20)10-17-18-14(21)11-7-15(8-11)4-2-5-15/h11-12,17H,1-8,10H2,(H,18,21)/t12-/m0/s1. The first-order valence-corrected chi connectivity index (χ1v) is 7.85. The van der Waals surface area contributed by atoms with Crippen LogP contribution in [0.3, 0.4) is 0 Å². The number of nitrogens with zero attached hydrogens (tertiary/aromatic N) is 2. The van der Waals surface area contributed by atoms with E-state index in [0.29, 0.717) is 12.0 Å². The van der Waals surface area contributed by atoms with E-state index in [9.17, 15) is 9.59 Å². The van der Waals surface area contributed by atoms with Crippen molar-refractivity contribution >= 4 is 11.8 Å². The molecule has 0 aromatic heterocycles. The first-order valence-electron chi connectivity index (χ1n) is 7.85. The van der Waals surface area contributed by atoms with E-state index in [0.717, 1.165) is 25.7 Å². The van der Waals surface area contributed by atoms with E-state index in [2.05, 4.69) is 16.9 Å². The molecule has 0 aromatic rings. The highest BCUT2D eigenvalue weighted by molar-refractivity contribution is 5.81. The Balaban J connectivity index is 1.35. The van der Waals surface area contributed by atoms with Gasteiger partial charge in [-0.15, -0.1) is 0 Å². The summed E-state index contributed by atoms with van der Waals surface area (Å²) in [4.78, 5) is 25.5. The minimum Gasteiger partial charge on any atom is -0.325 e. The Morgan fingerprint density at radius 3 is 2.67 bits per heavy atom. The van der Waals surface area contributed by atoms with E-state index in [1.165, 1.54) is 19.3 Å². The van der Waals surface area contributed by atoms with Crippen molar-refractivity contribution in [2.75, 3.05) is 13.1 Å². The summed E-state index contributed by atoms with van der Waals surface area (Å²) in [5, 5.41) is 8.96. The fourth-order valence-corrected chi connectivity index (χ4v) is 3.87. The van der Waals surface area contributed by atoms with E-state index in [4.69, 9.17) is 5.26 Å². The quantitative estimate of drug-likeness (QED) is 0.746. The maximum absolute atomic E-state index is 12.0. The van der Waals surface area contributed by atoms with Gasteiger partial charge in [0.25, 0.3) is 0 Å². The molecule has 0 aromatic carbocycles. The molecule has 21 heavy (non-hydrogen) atoms. The molecule has 6 nitrogen and oxygen atoms in total. The lowest BCUT2D eigenvalue weighted by Gasteiger charge is -2.53. The van der Waals surface area contributed by atoms with Gasteiger partial charge in [0.2, 0.25) is 11.8 Å². The van der Waals surface area contributed by atoms with Crippen molar-refractivity contribution in [2.45, 2.75) is 51.0 Å². The normalized spacial score (nSPS) is 26.8. The molecule has 0 bridgehead atoms. The van der Waals surface area contributed by atoms with Crippen LogP contribution in [-0.2, 0) is 9.59 Å². The molecule has 1 aliphatic heterocycles. The summed E-state index contributed by atoms with van der Waals surface area (Å²) in [6.07, 6.45) is 7.46. The smallest absolute Gasteiger partial charge is 0.239 e. The van der Waals surface area contributed by atoms with Gasteiger partial charge in [-0.2, -0.15) is 5.26 Å². The minimum atomic E-state index is -0.305. The summed E-state index contributed by atoms with van der Waals surface area (Å²) in [5.41, 5.74) is 5.84. The third-order valence-corrected chi connectivity index (χ3v) is 5.32. The van der Waals surface area contributed by atoms with Gasteiger partial charge in [-0.05, 0) is 43.9 Å². The number of hydrazine groups is 1. The maximum Gasteiger partial charge on any atom is 0.239 e. The number of carbonyl (C=O) groups is 2. The van der Waals surface area contributed by atoms with Crippen LogP contribution in [0.5, 0.6) is 0 Å². The zero-order chi connectivity index (χ0) is 14.9. The van der Waals surface area contributed by atoms with E-state index >= 15 is 0 Å². The van der Waals surface area contributed by atoms with E-state index in [-0.39, 0.29) is 30.3 Å². The fraction of sp³-hybridized carbons (Fsp3) is 0.800. The number of hydrogen-bond donors (Lipinski definition) is 2. The number of rotatable bonds is 4. The van der Waals surface area contributed by atoms with Crippen molar-refractivity contribution in [2.24, 2.45) is 11.3 Å². The summed E-state index contributed by atoms with van der Waals surface area (Å²) in [5.74, 6) is -0.0199. The van der Waals surface area contributed by atoms with Crippen molar-refractivity contribution in [3.63, 3.8) is 0 Å². The molecule has 2 saturated carbocycles. The average molecular weight is 290 g/mol. The number of carbonyl (C=O) groups excluding carboxylic acids is 2. The van der Waals surface area contributed by atoms with Crippen molar-refractivity contribution in [3.05, 3.63) is 0 Å². The van der Waals surface area contributed by atoms with Crippen LogP contribution in [0.15, 0.2) is 0 Å². The number of amides is 2. The Bertz CT molecular complexity index is 473. The largest absolute Gasteiger partial charge is 0.325 e. The summed E-state index contributed by atoms with van der Waals surface area (Å²) in [6, 6.07) is 1.84. The van der Waals surface area contributed by atoms with Crippen molar-refractivity contribution in [1.29, 1.82) is 5.26 Å². The average Bonchev–Trinajstić information content (AvgIpc) is 2.83. The molecule has 0 unspecified atom stereocenters. The Hall–Kier alpha value is -1.61. The van der Waals surface area contributed by atoms with Crippen LogP contribution in [-0.4, -0.2) is 35.8 Å². The number of nitriles is 1. The Labute approximate surface area is 124 Å². The predicted molar refractivity (Wildman–Crippen MR) is 75.5 cm³/mol. The van der Waals surface area contributed by atoms with Crippen molar-refractivity contribution in [1.82, 2.24) is 15.8 Å². The van der Waals surface area contributed by atoms with Crippen LogP contribution in [0.25, 0.3) is 0 Å². The Kier molecular flexibility index (Phi) is 3.85. The second-order valence-electron chi connectivity index (χ2n) is 6.68. The third kappa shape index (κ3) is 2.75. The highest BCUT2D eigenvalue weighted by Gasteiger charge is 2.50. The lowest BCUT2D eigenvalue weighted by atomic mass is 9.52. The van der Waals surface area contributed by atoms with E-state index in [1.807, 2.05) is 0 Å². The SMILES string of the molecule is N#C[C@@H]1CCCN1C(=O)CNNC(=O)C1CC2(CCC2)C1. The van der Waals surface area contributed by atoms with Gasteiger partial charge in [-0.3, -0.25) is 15.0 Å². The minimum absolute atomic E-state index is 0.00131. The molecule has 2 amide bonds. The lowest BCUT2D eigenvalue weighted by molar-refractivity contribution is -0.138. The number of hydrogen-bond acceptors (Lipinski definition) is 4. The summed E-state index contributed by atoms with van der Waals surface area (Å²) in [7, 11) is 0. The summed E-state index contributed by atoms with van der Waals surface area (Å²) >= 11 is 0. The molecule has 3 rings (SSSR count). The van der Waals surface area contributed by atoms with Crippen LogP contribution in [0.4, 0.5) is 0 Å². The van der Waals surface area contributed by atoms with Gasteiger partial charge >= 0.3 is 0 Å². The van der Waals surface area contributed by atoms with Gasteiger partial charge in [-0.1, -0.05) is 6.42 Å². The monoisotopic (exact) mass is 290 g/mol. The zero-order valence-electron chi connectivity index (χ0n) is 12.2. The van der Waals surface area contributed by atoms with E-state index in [1.54, 1.807) is 4.90 Å². The van der Waals surface area contributed by atoms with Gasteiger partial charge in [0.05, 0.1) is 12.6 Å². The molecule has 3 fully saturated rings. The molecule has 6 heteroatoms. The van der Waals surface area contributed by atoms with Gasteiger partial charge < -0.3 is 4.90 Å². The van der Waals surface area contributed by atoms with Crippen molar-refractivity contribution in [3.8, 4) is 6.07 Å². The van der Waals surface area contributed by atoms with E-state index < -0.39 is 0 Å². The lowest BCUT2D eigenvalue weighted by Crippen LogP contribution is -2.53. The highest BCUT2D eigenvalue weighted by atomic mass is 16.2. The number of nitrogens with one attached hydrogen (secondary N) is 2. The fourth-order valence-electron chi connectivity index (χ4n) is 3.87. The van der Waals surface area contributed by atoms with Gasteiger partial charge in [0, 0.05) is 12.5 Å². The van der Waals surface area contributed by atoms with Crippen LogP contribution >= 0.6 is 0 Å². The van der Waals surface area contributed by atoms with Crippen molar-refractivity contribution < 1.29 is 9.59 Å². The molecular weight excluding hydrogens is 268 g/mol. The Morgan fingerprint density at radius 2 is 2.05 bits per heavy atom. The van der Waals surface area contributed by atoms with Gasteiger partial charge in [0.15, 0.2) is 0 Å². The first-order chi connectivity index (χ1) is 10.1. The molecule has 1 heterocycles. The summed E-state index contributed by atoms with van der Waals surface area (Å²) < 4.78 is 0. The predicted octanol–water partition coefficient (Wildman–Crippen LogP) is 0.702. The molecule has 1 atom stereocenters. The van der Waals surface area contributed by atoms with Crippen LogP contribution in [0, 0.1) is 22.7 Å². The Morgan fingerprint density at radius 1 is 1.29 bits per heavy atom. The third-order valence-electron chi connectivity index (χ3n) is 5.32. The second kappa shape index (κ2) is 5.64. The molecule has 1 saturated heterocycles. The van der Waals surface area contributed by atoms with Crippen LogP contribution in [0.2, 0.25) is 0 Å². The first kappa shape index (κ1) is 14.3. The topological polar surface area (TPSA) is 85.2 Å². The molecule has 0 radical (unpaired) electrons. The number of likely N-dealkylation sites (tertiary alicyclic amines) is 1. The maximum atomic E-state index is 12.0. The van der Waals surface area contributed by atoms with Gasteiger partial charge in [0.1, 0.15) is 6.04 Å². The highest BCUT2D eigenvalue weighted by Crippen LogP contribution is 2.58. The molecular formula is C15H22N4O2. The second-order valence-corrected chi connectivity index (χ2v) is 6.68. The van der Waals surface area contributed by atoms with Crippen LogP contribution in [0.1, 0.15) is 44.9 Å². The molecule has 1 spiro atoms. The molecule has 114 valence electrons. The van der Waals surface area contributed by atoms with Crippen LogP contribution < -0.4 is 10.9 Å². The molecule has 2 aliphatic carbocycles. The summed E-state index contributed by atoms with van der Waals surface area (Å²) in [6.45, 7) is 0.694.